The summed E-state index contributed by atoms with van der Waals surface area (Å²) in [5, 5.41) is 4.21. The largest absolute Gasteiger partial charge is 0.497 e. The van der Waals surface area contributed by atoms with E-state index >= 15 is 0 Å². The van der Waals surface area contributed by atoms with Gasteiger partial charge in [-0.15, -0.1) is 9.24 Å². The van der Waals surface area contributed by atoms with Crippen molar-refractivity contribution in [3.05, 3.63) is 64.7 Å². The van der Waals surface area contributed by atoms with Crippen LogP contribution in [0.15, 0.2) is 48.5 Å². The Kier molecular flexibility index (Phi) is 5.21. The second-order valence-corrected chi connectivity index (χ2v) is 5.36. The maximum Gasteiger partial charge on any atom is 0.119 e. The van der Waals surface area contributed by atoms with E-state index in [-0.39, 0.29) is 5.78 Å². The van der Waals surface area contributed by atoms with Gasteiger partial charge in [0.05, 0.1) is 7.11 Å². The zero-order chi connectivity index (χ0) is 13.7. The first-order valence-corrected chi connectivity index (χ1v) is 7.11. The molecule has 0 saturated carbocycles. The molecule has 0 aromatic heterocycles. The predicted octanol–water partition coefficient (Wildman–Crippen LogP) is 4.01. The van der Waals surface area contributed by atoms with Crippen LogP contribution in [0.1, 0.15) is 16.9 Å². The van der Waals surface area contributed by atoms with Crippen molar-refractivity contribution < 1.29 is 4.74 Å². The van der Waals surface area contributed by atoms with Crippen molar-refractivity contribution in [2.24, 2.45) is 0 Å². The molecule has 100 valence electrons. The fourth-order valence-electron chi connectivity index (χ4n) is 1.78. The lowest BCUT2D eigenvalue weighted by Gasteiger charge is -2.15. The molecule has 0 aliphatic carbocycles. The van der Waals surface area contributed by atoms with Crippen LogP contribution in [0.3, 0.4) is 0 Å². The number of methoxy groups -OCH3 is 1. The van der Waals surface area contributed by atoms with Crippen LogP contribution in [-0.4, -0.2) is 7.11 Å². The van der Waals surface area contributed by atoms with E-state index in [4.69, 9.17) is 16.3 Å². The Balaban J connectivity index is 1.96. The average Bonchev–Trinajstić information content (AvgIpc) is 2.46. The monoisotopic (exact) mass is 293 g/mol. The number of hydrogen-bond donors (Lipinski definition) is 1. The minimum absolute atomic E-state index is 0.186. The zero-order valence-electron chi connectivity index (χ0n) is 10.8. The topological polar surface area (TPSA) is 21.3 Å². The highest BCUT2D eigenvalue weighted by molar-refractivity contribution is 7.17. The maximum atomic E-state index is 5.87. The molecule has 2 aromatic rings. The van der Waals surface area contributed by atoms with Gasteiger partial charge < -0.3 is 10.1 Å². The van der Waals surface area contributed by atoms with Gasteiger partial charge in [0.25, 0.3) is 0 Å². The van der Waals surface area contributed by atoms with Gasteiger partial charge >= 0.3 is 0 Å². The second-order valence-electron chi connectivity index (χ2n) is 4.26. The summed E-state index contributed by atoms with van der Waals surface area (Å²) >= 11 is 5.87. The fraction of sp³-hybridized carbons (Fsp3) is 0.200. The summed E-state index contributed by atoms with van der Waals surface area (Å²) < 4.78 is 5.23. The highest BCUT2D eigenvalue weighted by Crippen LogP contribution is 2.24. The van der Waals surface area contributed by atoms with Crippen LogP contribution < -0.4 is 10.1 Å². The summed E-state index contributed by atoms with van der Waals surface area (Å²) in [6.07, 6.45) is 0. The Morgan fingerprint density at radius 1 is 1.21 bits per heavy atom. The normalized spacial score (nSPS) is 12.2. The van der Waals surface area contributed by atoms with Crippen LogP contribution in [0.25, 0.3) is 0 Å². The number of ether oxygens (including phenoxy) is 1. The smallest absolute Gasteiger partial charge is 0.119 e. The molecule has 2 nitrogen and oxygen atoms in total. The molecule has 2 rings (SSSR count). The van der Waals surface area contributed by atoms with Crippen molar-refractivity contribution >= 4 is 20.8 Å². The molecule has 0 saturated heterocycles. The molecule has 0 aliphatic rings. The van der Waals surface area contributed by atoms with E-state index in [9.17, 15) is 0 Å². The van der Waals surface area contributed by atoms with Crippen molar-refractivity contribution in [1.82, 2.24) is 5.32 Å². The van der Waals surface area contributed by atoms with Gasteiger partial charge in [0.1, 0.15) is 5.75 Å². The zero-order valence-corrected chi connectivity index (χ0v) is 12.7. The average molecular weight is 294 g/mol. The van der Waals surface area contributed by atoms with Gasteiger partial charge in [-0.05, 0) is 35.4 Å². The minimum atomic E-state index is 0.186. The third-order valence-electron chi connectivity index (χ3n) is 2.89. The fourth-order valence-corrected chi connectivity index (χ4v) is 2.23. The molecule has 0 radical (unpaired) electrons. The van der Waals surface area contributed by atoms with Crippen LogP contribution >= 0.6 is 20.8 Å². The summed E-state index contributed by atoms with van der Waals surface area (Å²) in [7, 11) is 4.48. The third-order valence-corrected chi connectivity index (χ3v) is 3.76. The Labute approximate surface area is 121 Å². The van der Waals surface area contributed by atoms with Gasteiger partial charge in [-0.1, -0.05) is 35.9 Å². The van der Waals surface area contributed by atoms with Crippen LogP contribution in [-0.2, 0) is 6.54 Å². The summed E-state index contributed by atoms with van der Waals surface area (Å²) in [5.41, 5.74) is 2.39. The highest BCUT2D eigenvalue weighted by atomic mass is 35.5. The van der Waals surface area contributed by atoms with E-state index in [1.165, 1.54) is 11.1 Å². The van der Waals surface area contributed by atoms with E-state index in [0.717, 1.165) is 17.3 Å². The molecule has 2 unspecified atom stereocenters. The van der Waals surface area contributed by atoms with Gasteiger partial charge in [0.15, 0.2) is 0 Å². The standard InChI is InChI=1S/C15H17ClNOP/c1-18-14-4-2-3-12(9-14)15(19)17-10-11-5-7-13(16)8-6-11/h2-9,15,17H,10,19H2,1H3. The van der Waals surface area contributed by atoms with Gasteiger partial charge in [0.2, 0.25) is 0 Å². The summed E-state index contributed by atoms with van der Waals surface area (Å²) in [6.45, 7) is 0.794. The molecule has 4 heteroatoms. The minimum Gasteiger partial charge on any atom is -0.497 e. The Bertz CT molecular complexity index is 530. The van der Waals surface area contributed by atoms with E-state index in [1.807, 2.05) is 42.5 Å². The van der Waals surface area contributed by atoms with Crippen LogP contribution in [0.5, 0.6) is 5.75 Å². The molecule has 1 N–H and O–H groups in total. The van der Waals surface area contributed by atoms with Crippen molar-refractivity contribution in [2.75, 3.05) is 7.11 Å². The lowest BCUT2D eigenvalue weighted by molar-refractivity contribution is 0.414. The maximum absolute atomic E-state index is 5.87. The number of nitrogens with one attached hydrogen (secondary N) is 1. The van der Waals surface area contributed by atoms with Crippen LogP contribution in [0, 0.1) is 0 Å². The van der Waals surface area contributed by atoms with E-state index < -0.39 is 0 Å². The Morgan fingerprint density at radius 3 is 2.63 bits per heavy atom. The van der Waals surface area contributed by atoms with Crippen molar-refractivity contribution in [3.63, 3.8) is 0 Å². The first kappa shape index (κ1) is 14.3. The van der Waals surface area contributed by atoms with Crippen molar-refractivity contribution in [3.8, 4) is 5.75 Å². The molecule has 0 fully saturated rings. The van der Waals surface area contributed by atoms with Gasteiger partial charge in [-0.2, -0.15) is 0 Å². The molecular weight excluding hydrogens is 277 g/mol. The first-order chi connectivity index (χ1) is 9.19. The second kappa shape index (κ2) is 6.91. The third kappa shape index (κ3) is 4.21. The van der Waals surface area contributed by atoms with Crippen LogP contribution in [0.4, 0.5) is 0 Å². The van der Waals surface area contributed by atoms with E-state index in [1.54, 1.807) is 7.11 Å². The number of halogens is 1. The molecule has 2 atom stereocenters. The number of benzene rings is 2. The predicted molar refractivity (Wildman–Crippen MR) is 83.7 cm³/mol. The molecular formula is C15H17ClNOP. The molecule has 0 spiro atoms. The molecule has 2 aromatic carbocycles. The van der Waals surface area contributed by atoms with E-state index in [0.29, 0.717) is 0 Å². The first-order valence-electron chi connectivity index (χ1n) is 6.06. The van der Waals surface area contributed by atoms with Crippen molar-refractivity contribution in [1.29, 1.82) is 0 Å². The van der Waals surface area contributed by atoms with Gasteiger partial charge in [0, 0.05) is 17.4 Å². The Hall–Kier alpha value is -1.08. The summed E-state index contributed by atoms with van der Waals surface area (Å²) in [5.74, 6) is 1.06. The summed E-state index contributed by atoms with van der Waals surface area (Å²) in [4.78, 5) is 0. The number of rotatable bonds is 5. The van der Waals surface area contributed by atoms with Crippen LogP contribution in [0.2, 0.25) is 5.02 Å². The molecule has 0 amide bonds. The summed E-state index contributed by atoms with van der Waals surface area (Å²) in [6, 6.07) is 15.9. The quantitative estimate of drug-likeness (QED) is 0.841. The molecule has 0 bridgehead atoms. The Morgan fingerprint density at radius 2 is 1.95 bits per heavy atom. The molecule has 19 heavy (non-hydrogen) atoms. The van der Waals surface area contributed by atoms with E-state index in [2.05, 4.69) is 20.6 Å². The van der Waals surface area contributed by atoms with Crippen molar-refractivity contribution in [2.45, 2.75) is 12.3 Å². The van der Waals surface area contributed by atoms with Gasteiger partial charge in [-0.3, -0.25) is 0 Å². The number of hydrogen-bond acceptors (Lipinski definition) is 2. The molecule has 0 aliphatic heterocycles. The van der Waals surface area contributed by atoms with Gasteiger partial charge in [-0.25, -0.2) is 0 Å². The lowest BCUT2D eigenvalue weighted by Crippen LogP contribution is -2.15. The SMILES string of the molecule is COc1cccc(C(P)NCc2ccc(Cl)cc2)c1. The highest BCUT2D eigenvalue weighted by Gasteiger charge is 2.06. The molecule has 0 heterocycles. The lowest BCUT2D eigenvalue weighted by atomic mass is 10.2.